The Labute approximate surface area is 144 Å². The number of anilines is 1. The normalized spacial score (nSPS) is 19.9. The van der Waals surface area contributed by atoms with E-state index in [0.717, 1.165) is 50.4 Å². The van der Waals surface area contributed by atoms with E-state index in [-0.39, 0.29) is 0 Å². The van der Waals surface area contributed by atoms with E-state index in [1.807, 2.05) is 0 Å². The van der Waals surface area contributed by atoms with Gasteiger partial charge in [-0.1, -0.05) is 22.0 Å². The highest BCUT2D eigenvalue weighted by molar-refractivity contribution is 9.10. The van der Waals surface area contributed by atoms with Gasteiger partial charge in [-0.2, -0.15) is 0 Å². The monoisotopic (exact) mass is 383 g/mol. The number of ether oxygens (including phenoxy) is 1. The number of carbonyl (C=O) groups is 1. The molecular formula is C16H22BrN3O3. The third-order valence-electron chi connectivity index (χ3n) is 4.44. The highest BCUT2D eigenvalue weighted by atomic mass is 79.9. The molecule has 1 amide bonds. The number of amides is 1. The van der Waals surface area contributed by atoms with Gasteiger partial charge in [-0.3, -0.25) is 4.90 Å². The fraction of sp³-hybridized carbons (Fsp3) is 0.562. The van der Waals surface area contributed by atoms with Crippen LogP contribution in [0.5, 0.6) is 0 Å². The van der Waals surface area contributed by atoms with Crippen LogP contribution in [0.4, 0.5) is 10.5 Å². The van der Waals surface area contributed by atoms with Crippen molar-refractivity contribution in [2.45, 2.75) is 6.54 Å². The molecule has 0 aromatic heterocycles. The second-order valence-electron chi connectivity index (χ2n) is 5.92. The van der Waals surface area contributed by atoms with Crippen molar-refractivity contribution < 1.29 is 14.6 Å². The van der Waals surface area contributed by atoms with Crippen molar-refractivity contribution in [1.29, 1.82) is 0 Å². The molecule has 1 aromatic carbocycles. The molecule has 0 unspecified atom stereocenters. The Kier molecular flexibility index (Phi) is 5.40. The van der Waals surface area contributed by atoms with Crippen LogP contribution in [-0.4, -0.2) is 73.5 Å². The van der Waals surface area contributed by atoms with Gasteiger partial charge < -0.3 is 19.6 Å². The molecule has 0 spiro atoms. The molecule has 126 valence electrons. The fourth-order valence-electron chi connectivity index (χ4n) is 3.11. The third kappa shape index (κ3) is 4.16. The summed E-state index contributed by atoms with van der Waals surface area (Å²) in [7, 11) is 0. The van der Waals surface area contributed by atoms with E-state index in [1.165, 1.54) is 16.2 Å². The first-order valence-electron chi connectivity index (χ1n) is 7.95. The molecule has 0 atom stereocenters. The molecule has 3 rings (SSSR count). The van der Waals surface area contributed by atoms with Crippen molar-refractivity contribution in [1.82, 2.24) is 9.80 Å². The summed E-state index contributed by atoms with van der Waals surface area (Å²) >= 11 is 3.57. The predicted octanol–water partition coefficient (Wildman–Crippen LogP) is 2.08. The molecule has 2 aliphatic rings. The number of rotatable bonds is 3. The van der Waals surface area contributed by atoms with Crippen molar-refractivity contribution in [2.75, 3.05) is 57.4 Å². The van der Waals surface area contributed by atoms with Gasteiger partial charge in [0, 0.05) is 56.0 Å². The minimum Gasteiger partial charge on any atom is -0.465 e. The lowest BCUT2D eigenvalue weighted by molar-refractivity contribution is 0.103. The van der Waals surface area contributed by atoms with Crippen molar-refractivity contribution >= 4 is 27.7 Å². The second kappa shape index (κ2) is 7.51. The van der Waals surface area contributed by atoms with Crippen LogP contribution in [0.1, 0.15) is 5.56 Å². The largest absolute Gasteiger partial charge is 0.465 e. The first kappa shape index (κ1) is 16.5. The number of hydrogen-bond acceptors (Lipinski definition) is 4. The van der Waals surface area contributed by atoms with Gasteiger partial charge in [-0.25, -0.2) is 4.79 Å². The van der Waals surface area contributed by atoms with Gasteiger partial charge in [0.25, 0.3) is 0 Å². The Hall–Kier alpha value is -1.31. The van der Waals surface area contributed by atoms with Gasteiger partial charge >= 0.3 is 6.09 Å². The van der Waals surface area contributed by atoms with E-state index in [2.05, 4.69) is 43.9 Å². The van der Waals surface area contributed by atoms with E-state index in [9.17, 15) is 4.79 Å². The van der Waals surface area contributed by atoms with Crippen LogP contribution in [0.25, 0.3) is 0 Å². The van der Waals surface area contributed by atoms with Gasteiger partial charge in [-0.05, 0) is 17.7 Å². The molecule has 0 aliphatic carbocycles. The maximum atomic E-state index is 11.0. The summed E-state index contributed by atoms with van der Waals surface area (Å²) in [5.41, 5.74) is 2.54. The summed E-state index contributed by atoms with van der Waals surface area (Å²) < 4.78 is 6.53. The summed E-state index contributed by atoms with van der Waals surface area (Å²) in [6, 6.07) is 6.42. The lowest BCUT2D eigenvalue weighted by Crippen LogP contribution is -2.48. The number of morpholine rings is 1. The van der Waals surface area contributed by atoms with Gasteiger partial charge in [0.05, 0.1) is 13.2 Å². The Bertz CT molecular complexity index is 556. The molecule has 0 saturated carbocycles. The smallest absolute Gasteiger partial charge is 0.407 e. The molecule has 6 nitrogen and oxygen atoms in total. The van der Waals surface area contributed by atoms with Gasteiger partial charge in [0.2, 0.25) is 0 Å². The Morgan fingerprint density at radius 2 is 1.83 bits per heavy atom. The number of piperazine rings is 1. The number of halogens is 1. The molecule has 1 aromatic rings. The highest BCUT2D eigenvalue weighted by Gasteiger charge is 2.22. The molecule has 0 radical (unpaired) electrons. The van der Waals surface area contributed by atoms with Crippen LogP contribution in [0, 0.1) is 0 Å². The fourth-order valence-corrected chi connectivity index (χ4v) is 3.46. The average molecular weight is 384 g/mol. The molecule has 2 aliphatic heterocycles. The summed E-state index contributed by atoms with van der Waals surface area (Å²) in [6.07, 6.45) is -0.817. The van der Waals surface area contributed by atoms with Gasteiger partial charge in [0.15, 0.2) is 0 Å². The van der Waals surface area contributed by atoms with E-state index >= 15 is 0 Å². The molecule has 2 saturated heterocycles. The number of hydrogen-bond donors (Lipinski definition) is 1. The first-order valence-corrected chi connectivity index (χ1v) is 8.74. The standard InChI is InChI=1S/C16H22BrN3O3/c17-14-2-1-13(15(11-14)19-7-9-23-10-8-19)12-18-3-5-20(6-4-18)16(21)22/h1-2,11H,3-10,12H2,(H,21,22). The summed E-state index contributed by atoms with van der Waals surface area (Å²) in [4.78, 5) is 17.2. The third-order valence-corrected chi connectivity index (χ3v) is 4.93. The molecule has 7 heteroatoms. The van der Waals surface area contributed by atoms with Crippen LogP contribution in [0.2, 0.25) is 0 Å². The van der Waals surface area contributed by atoms with Gasteiger partial charge in [0.1, 0.15) is 0 Å². The topological polar surface area (TPSA) is 56.2 Å². The molecule has 2 fully saturated rings. The minimum absolute atomic E-state index is 0.582. The predicted molar refractivity (Wildman–Crippen MR) is 92.0 cm³/mol. The maximum absolute atomic E-state index is 11.0. The van der Waals surface area contributed by atoms with Crippen molar-refractivity contribution in [2.24, 2.45) is 0 Å². The SMILES string of the molecule is O=C(O)N1CCN(Cc2ccc(Br)cc2N2CCOCC2)CC1. The molecular weight excluding hydrogens is 362 g/mol. The van der Waals surface area contributed by atoms with Gasteiger partial charge in [-0.15, -0.1) is 0 Å². The lowest BCUT2D eigenvalue weighted by atomic mass is 10.1. The highest BCUT2D eigenvalue weighted by Crippen LogP contribution is 2.27. The van der Waals surface area contributed by atoms with Crippen LogP contribution in [-0.2, 0) is 11.3 Å². The van der Waals surface area contributed by atoms with Crippen LogP contribution in [0.3, 0.4) is 0 Å². The molecule has 0 bridgehead atoms. The van der Waals surface area contributed by atoms with Crippen LogP contribution < -0.4 is 4.90 Å². The zero-order valence-electron chi connectivity index (χ0n) is 13.1. The molecule has 1 N–H and O–H groups in total. The minimum atomic E-state index is -0.817. The number of benzene rings is 1. The lowest BCUT2D eigenvalue weighted by Gasteiger charge is -2.35. The van der Waals surface area contributed by atoms with Crippen molar-refractivity contribution in [3.8, 4) is 0 Å². The van der Waals surface area contributed by atoms with Crippen molar-refractivity contribution in [3.63, 3.8) is 0 Å². The van der Waals surface area contributed by atoms with Crippen molar-refractivity contribution in [3.05, 3.63) is 28.2 Å². The quantitative estimate of drug-likeness (QED) is 0.865. The Morgan fingerprint density at radius 3 is 2.48 bits per heavy atom. The van der Waals surface area contributed by atoms with E-state index in [4.69, 9.17) is 9.84 Å². The van der Waals surface area contributed by atoms with E-state index < -0.39 is 6.09 Å². The Morgan fingerprint density at radius 1 is 1.13 bits per heavy atom. The summed E-state index contributed by atoms with van der Waals surface area (Å²) in [6.45, 7) is 6.94. The number of carboxylic acid groups (broad SMARTS) is 1. The molecule has 23 heavy (non-hydrogen) atoms. The second-order valence-corrected chi connectivity index (χ2v) is 6.83. The average Bonchev–Trinajstić information content (AvgIpc) is 2.58. The Balaban J connectivity index is 1.69. The summed E-state index contributed by atoms with van der Waals surface area (Å²) in [5.74, 6) is 0. The first-order chi connectivity index (χ1) is 11.1. The van der Waals surface area contributed by atoms with E-state index in [0.29, 0.717) is 13.1 Å². The zero-order valence-corrected chi connectivity index (χ0v) is 14.7. The van der Waals surface area contributed by atoms with Crippen LogP contribution in [0.15, 0.2) is 22.7 Å². The summed E-state index contributed by atoms with van der Waals surface area (Å²) in [5, 5.41) is 9.04. The maximum Gasteiger partial charge on any atom is 0.407 e. The zero-order chi connectivity index (χ0) is 16.2. The molecule has 2 heterocycles. The number of nitrogens with zero attached hydrogens (tertiary/aromatic N) is 3. The van der Waals surface area contributed by atoms with E-state index in [1.54, 1.807) is 0 Å². The van der Waals surface area contributed by atoms with Crippen LogP contribution >= 0.6 is 15.9 Å².